The summed E-state index contributed by atoms with van der Waals surface area (Å²) in [6, 6.07) is 7.49. The van der Waals surface area contributed by atoms with Crippen molar-refractivity contribution in [1.29, 1.82) is 0 Å². The van der Waals surface area contributed by atoms with E-state index in [-0.39, 0.29) is 23.3 Å². The molecule has 5 nitrogen and oxygen atoms in total. The minimum atomic E-state index is -0.0601. The topological polar surface area (TPSA) is 74.0 Å². The number of carbonyl (C=O) groups is 1. The van der Waals surface area contributed by atoms with Gasteiger partial charge in [0.25, 0.3) is 0 Å². The van der Waals surface area contributed by atoms with Gasteiger partial charge in [-0.25, -0.2) is 0 Å². The Morgan fingerprint density at radius 3 is 2.48 bits per heavy atom. The quantitative estimate of drug-likeness (QED) is 0.634. The summed E-state index contributed by atoms with van der Waals surface area (Å²) in [5.74, 6) is -0.0334. The van der Waals surface area contributed by atoms with Gasteiger partial charge in [-0.1, -0.05) is 33.9 Å². The number of Topliss-reactive ketones (excluding diaryl/α,β-unsaturated/α-hetero) is 1. The number of hydrazone groups is 1. The minimum absolute atomic E-state index is 0.00267. The van der Waals surface area contributed by atoms with Crippen LogP contribution in [0.1, 0.15) is 25.7 Å². The number of oxime groups is 1. The first kappa shape index (κ1) is 14.3. The fourth-order valence-corrected chi connectivity index (χ4v) is 3.39. The SMILES string of the molecule is O=C1C(=N\Nc2ccc(Br)cc2)/C(=N/O)C2CCCCC12. The minimum Gasteiger partial charge on any atom is -0.411 e. The fraction of sp³-hybridized carbons (Fsp3) is 0.400. The number of benzene rings is 1. The van der Waals surface area contributed by atoms with Crippen molar-refractivity contribution in [1.82, 2.24) is 0 Å². The zero-order valence-corrected chi connectivity index (χ0v) is 13.0. The van der Waals surface area contributed by atoms with Crippen molar-refractivity contribution in [2.75, 3.05) is 5.43 Å². The molecule has 1 aromatic carbocycles. The molecule has 2 fully saturated rings. The van der Waals surface area contributed by atoms with E-state index in [1.54, 1.807) is 0 Å². The molecule has 0 bridgehead atoms. The van der Waals surface area contributed by atoms with E-state index in [9.17, 15) is 10.0 Å². The van der Waals surface area contributed by atoms with Gasteiger partial charge >= 0.3 is 0 Å². The van der Waals surface area contributed by atoms with Crippen molar-refractivity contribution in [3.8, 4) is 0 Å². The highest BCUT2D eigenvalue weighted by Crippen LogP contribution is 2.37. The highest BCUT2D eigenvalue weighted by Gasteiger charge is 2.46. The molecule has 0 heterocycles. The van der Waals surface area contributed by atoms with E-state index in [0.717, 1.165) is 35.8 Å². The van der Waals surface area contributed by atoms with E-state index >= 15 is 0 Å². The number of nitrogens with one attached hydrogen (secondary N) is 1. The van der Waals surface area contributed by atoms with Crippen molar-refractivity contribution < 1.29 is 10.0 Å². The van der Waals surface area contributed by atoms with E-state index < -0.39 is 0 Å². The summed E-state index contributed by atoms with van der Waals surface area (Å²) in [7, 11) is 0. The first-order chi connectivity index (χ1) is 10.2. The first-order valence-electron chi connectivity index (χ1n) is 7.06. The molecule has 110 valence electrons. The largest absolute Gasteiger partial charge is 0.411 e. The molecule has 2 N–H and O–H groups in total. The van der Waals surface area contributed by atoms with Crippen LogP contribution < -0.4 is 5.43 Å². The number of hydrogen-bond donors (Lipinski definition) is 2. The zero-order valence-electron chi connectivity index (χ0n) is 11.4. The molecule has 2 unspecified atom stereocenters. The number of hydrogen-bond acceptors (Lipinski definition) is 5. The van der Waals surface area contributed by atoms with Gasteiger partial charge in [0.1, 0.15) is 5.71 Å². The lowest BCUT2D eigenvalue weighted by Gasteiger charge is -2.22. The predicted octanol–water partition coefficient (Wildman–Crippen LogP) is 3.44. The molecule has 2 aliphatic rings. The third-order valence-corrected chi connectivity index (χ3v) is 4.71. The number of fused-ring (bicyclic) bond motifs is 1. The molecule has 3 rings (SSSR count). The lowest BCUT2D eigenvalue weighted by Crippen LogP contribution is -2.21. The zero-order chi connectivity index (χ0) is 14.8. The van der Waals surface area contributed by atoms with Gasteiger partial charge in [0.2, 0.25) is 0 Å². The van der Waals surface area contributed by atoms with Crippen LogP contribution in [0.5, 0.6) is 0 Å². The normalized spacial score (nSPS) is 28.9. The van der Waals surface area contributed by atoms with E-state index in [2.05, 4.69) is 31.6 Å². The van der Waals surface area contributed by atoms with Crippen molar-refractivity contribution in [2.45, 2.75) is 25.7 Å². The molecular weight excluding hydrogens is 334 g/mol. The van der Waals surface area contributed by atoms with Crippen LogP contribution in [0.3, 0.4) is 0 Å². The molecule has 0 spiro atoms. The van der Waals surface area contributed by atoms with Crippen LogP contribution in [0.2, 0.25) is 0 Å². The van der Waals surface area contributed by atoms with E-state index in [1.165, 1.54) is 0 Å². The second-order valence-corrected chi connectivity index (χ2v) is 6.34. The first-order valence-corrected chi connectivity index (χ1v) is 7.86. The van der Waals surface area contributed by atoms with Crippen LogP contribution in [-0.2, 0) is 4.79 Å². The van der Waals surface area contributed by atoms with E-state index in [4.69, 9.17) is 0 Å². The molecule has 0 saturated heterocycles. The number of rotatable bonds is 2. The molecule has 2 aliphatic carbocycles. The van der Waals surface area contributed by atoms with Crippen LogP contribution in [0, 0.1) is 11.8 Å². The molecule has 2 atom stereocenters. The van der Waals surface area contributed by atoms with Crippen LogP contribution in [0.4, 0.5) is 5.69 Å². The molecule has 0 amide bonds. The average molecular weight is 350 g/mol. The molecule has 2 saturated carbocycles. The summed E-state index contributed by atoms with van der Waals surface area (Å²) in [4.78, 5) is 12.4. The summed E-state index contributed by atoms with van der Waals surface area (Å²) < 4.78 is 0.973. The summed E-state index contributed by atoms with van der Waals surface area (Å²) >= 11 is 3.36. The Kier molecular flexibility index (Phi) is 4.05. The Labute approximate surface area is 131 Å². The Morgan fingerprint density at radius 2 is 1.81 bits per heavy atom. The van der Waals surface area contributed by atoms with Crippen molar-refractivity contribution >= 4 is 38.8 Å². The second-order valence-electron chi connectivity index (χ2n) is 5.43. The molecular formula is C15H16BrN3O2. The van der Waals surface area contributed by atoms with Gasteiger partial charge in [0.05, 0.1) is 5.69 Å². The van der Waals surface area contributed by atoms with Crippen molar-refractivity contribution in [3.05, 3.63) is 28.7 Å². The molecule has 1 aromatic rings. The van der Waals surface area contributed by atoms with E-state index in [0.29, 0.717) is 5.71 Å². The summed E-state index contributed by atoms with van der Waals surface area (Å²) in [5, 5.41) is 16.8. The lowest BCUT2D eigenvalue weighted by atomic mass is 9.81. The maximum Gasteiger partial charge on any atom is 0.188 e. The fourth-order valence-electron chi connectivity index (χ4n) is 3.13. The maximum atomic E-state index is 12.4. The summed E-state index contributed by atoms with van der Waals surface area (Å²) in [6.07, 6.45) is 3.88. The van der Waals surface area contributed by atoms with Gasteiger partial charge < -0.3 is 5.21 Å². The standard InChI is InChI=1S/C15H16BrN3O2/c16-9-5-7-10(8-6-9)17-18-14-13(19-21)11-3-1-2-4-12(11)15(14)20/h5-8,11-12,17,21H,1-4H2/b18-14-,19-13+. The molecule has 0 aliphatic heterocycles. The van der Waals surface area contributed by atoms with Crippen LogP contribution in [-0.4, -0.2) is 22.4 Å². The van der Waals surface area contributed by atoms with Crippen molar-refractivity contribution in [2.24, 2.45) is 22.1 Å². The number of halogens is 1. The summed E-state index contributed by atoms with van der Waals surface area (Å²) in [6.45, 7) is 0. The van der Waals surface area contributed by atoms with Gasteiger partial charge in [-0.05, 0) is 37.1 Å². The predicted molar refractivity (Wildman–Crippen MR) is 84.9 cm³/mol. The van der Waals surface area contributed by atoms with Gasteiger partial charge in [-0.3, -0.25) is 10.2 Å². The van der Waals surface area contributed by atoms with Crippen LogP contribution >= 0.6 is 15.9 Å². The maximum absolute atomic E-state index is 12.4. The Hall–Kier alpha value is -1.69. The number of anilines is 1. The molecule has 21 heavy (non-hydrogen) atoms. The third-order valence-electron chi connectivity index (χ3n) is 4.18. The van der Waals surface area contributed by atoms with Gasteiger partial charge in [-0.2, -0.15) is 5.10 Å². The van der Waals surface area contributed by atoms with Gasteiger partial charge in [-0.15, -0.1) is 0 Å². The molecule has 0 radical (unpaired) electrons. The monoisotopic (exact) mass is 349 g/mol. The van der Waals surface area contributed by atoms with Crippen LogP contribution in [0.25, 0.3) is 0 Å². The van der Waals surface area contributed by atoms with E-state index in [1.807, 2.05) is 24.3 Å². The van der Waals surface area contributed by atoms with Gasteiger partial charge in [0, 0.05) is 16.3 Å². The number of carbonyl (C=O) groups excluding carboxylic acids is 1. The Balaban J connectivity index is 1.84. The number of ketones is 1. The highest BCUT2D eigenvalue weighted by molar-refractivity contribution is 9.10. The van der Waals surface area contributed by atoms with Gasteiger partial charge in [0.15, 0.2) is 11.5 Å². The third kappa shape index (κ3) is 2.72. The van der Waals surface area contributed by atoms with Crippen LogP contribution in [0.15, 0.2) is 39.0 Å². The average Bonchev–Trinajstić information content (AvgIpc) is 2.79. The second kappa shape index (κ2) is 5.97. The molecule has 0 aromatic heterocycles. The Morgan fingerprint density at radius 1 is 1.14 bits per heavy atom. The van der Waals surface area contributed by atoms with Crippen molar-refractivity contribution in [3.63, 3.8) is 0 Å². The lowest BCUT2D eigenvalue weighted by molar-refractivity contribution is -0.117. The molecule has 6 heteroatoms. The smallest absolute Gasteiger partial charge is 0.188 e. The number of nitrogens with zero attached hydrogens (tertiary/aromatic N) is 2. The Bertz CT molecular complexity index is 610. The highest BCUT2D eigenvalue weighted by atomic mass is 79.9. The summed E-state index contributed by atoms with van der Waals surface area (Å²) in [5.41, 5.74) is 4.37.